The largest absolute Gasteiger partial charge is 0.315 e. The maximum Gasteiger partial charge on any atom is 0.261 e. The van der Waals surface area contributed by atoms with Crippen LogP contribution in [0.2, 0.25) is 0 Å². The van der Waals surface area contributed by atoms with Crippen molar-refractivity contribution in [1.82, 2.24) is 15.1 Å². The Hall–Kier alpha value is -3.32. The van der Waals surface area contributed by atoms with Crippen molar-refractivity contribution in [3.8, 4) is 0 Å². The minimum absolute atomic E-state index is 0.258. The van der Waals surface area contributed by atoms with Crippen LogP contribution in [0.5, 0.6) is 0 Å². The van der Waals surface area contributed by atoms with Gasteiger partial charge in [-0.1, -0.05) is 24.3 Å². The highest BCUT2D eigenvalue weighted by Crippen LogP contribution is 2.23. The van der Waals surface area contributed by atoms with Gasteiger partial charge in [0.1, 0.15) is 0 Å². The SMILES string of the molecule is O=C1c2ccccc2C(=O)N1CCCNCCN1C(=O)c2ccccc2C1=O. The van der Waals surface area contributed by atoms with E-state index >= 15 is 0 Å². The van der Waals surface area contributed by atoms with Gasteiger partial charge in [0.05, 0.1) is 22.3 Å². The van der Waals surface area contributed by atoms with Gasteiger partial charge < -0.3 is 5.32 Å². The lowest BCUT2D eigenvalue weighted by Gasteiger charge is -2.16. The second-order valence-corrected chi connectivity index (χ2v) is 6.72. The fraction of sp³-hybridized carbons (Fsp3) is 0.238. The van der Waals surface area contributed by atoms with Gasteiger partial charge in [-0.3, -0.25) is 29.0 Å². The van der Waals surface area contributed by atoms with E-state index in [-0.39, 0.29) is 30.2 Å². The lowest BCUT2D eigenvalue weighted by atomic mass is 10.1. The zero-order chi connectivity index (χ0) is 19.7. The van der Waals surface area contributed by atoms with E-state index in [1.807, 2.05) is 0 Å². The van der Waals surface area contributed by atoms with Crippen LogP contribution in [0, 0.1) is 0 Å². The summed E-state index contributed by atoms with van der Waals surface area (Å²) in [7, 11) is 0. The fourth-order valence-electron chi connectivity index (χ4n) is 3.56. The van der Waals surface area contributed by atoms with E-state index in [0.29, 0.717) is 48.3 Å². The molecule has 0 radical (unpaired) electrons. The predicted molar refractivity (Wildman–Crippen MR) is 101 cm³/mol. The van der Waals surface area contributed by atoms with Crippen LogP contribution < -0.4 is 5.32 Å². The Kier molecular flexibility index (Phi) is 4.75. The number of amides is 4. The van der Waals surface area contributed by atoms with Gasteiger partial charge in [0.2, 0.25) is 0 Å². The number of hydrogen-bond acceptors (Lipinski definition) is 5. The number of imide groups is 2. The number of carbonyl (C=O) groups excluding carboxylic acids is 4. The summed E-state index contributed by atoms with van der Waals surface area (Å²) in [5.74, 6) is -1.06. The van der Waals surface area contributed by atoms with Crippen LogP contribution in [0.3, 0.4) is 0 Å². The Labute approximate surface area is 161 Å². The van der Waals surface area contributed by atoms with Crippen LogP contribution in [0.4, 0.5) is 0 Å². The van der Waals surface area contributed by atoms with E-state index in [1.54, 1.807) is 48.5 Å². The molecule has 4 rings (SSSR count). The number of hydrogen-bond donors (Lipinski definition) is 1. The van der Waals surface area contributed by atoms with Crippen LogP contribution in [0.25, 0.3) is 0 Å². The van der Waals surface area contributed by atoms with E-state index in [1.165, 1.54) is 9.80 Å². The van der Waals surface area contributed by atoms with Crippen molar-refractivity contribution in [1.29, 1.82) is 0 Å². The molecule has 0 bridgehead atoms. The zero-order valence-electron chi connectivity index (χ0n) is 15.2. The Balaban J connectivity index is 1.22. The first-order chi connectivity index (χ1) is 13.6. The summed E-state index contributed by atoms with van der Waals surface area (Å²) < 4.78 is 0. The molecule has 0 aliphatic carbocycles. The third kappa shape index (κ3) is 2.99. The minimum atomic E-state index is -0.270. The highest BCUT2D eigenvalue weighted by Gasteiger charge is 2.35. The predicted octanol–water partition coefficient (Wildman–Crippen LogP) is 1.56. The van der Waals surface area contributed by atoms with Gasteiger partial charge >= 0.3 is 0 Å². The summed E-state index contributed by atoms with van der Waals surface area (Å²) in [5, 5.41) is 3.16. The molecule has 1 N–H and O–H groups in total. The second kappa shape index (κ2) is 7.36. The molecule has 4 amide bonds. The van der Waals surface area contributed by atoms with E-state index in [4.69, 9.17) is 0 Å². The number of nitrogens with one attached hydrogen (secondary N) is 1. The van der Waals surface area contributed by atoms with Crippen molar-refractivity contribution < 1.29 is 19.2 Å². The maximum absolute atomic E-state index is 12.3. The first kappa shape index (κ1) is 18.1. The molecule has 0 aromatic heterocycles. The molecule has 2 aromatic rings. The molecule has 0 atom stereocenters. The van der Waals surface area contributed by atoms with Crippen molar-refractivity contribution in [3.05, 3.63) is 70.8 Å². The molecule has 2 heterocycles. The monoisotopic (exact) mass is 377 g/mol. The smallest absolute Gasteiger partial charge is 0.261 e. The first-order valence-corrected chi connectivity index (χ1v) is 9.21. The van der Waals surface area contributed by atoms with Crippen LogP contribution in [-0.4, -0.2) is 59.6 Å². The lowest BCUT2D eigenvalue weighted by molar-refractivity contribution is 0.0633. The topological polar surface area (TPSA) is 86.8 Å². The van der Waals surface area contributed by atoms with Crippen molar-refractivity contribution in [2.45, 2.75) is 6.42 Å². The van der Waals surface area contributed by atoms with Gasteiger partial charge in [0.15, 0.2) is 0 Å². The van der Waals surface area contributed by atoms with Gasteiger partial charge in [0, 0.05) is 19.6 Å². The Morgan fingerprint density at radius 2 is 0.964 bits per heavy atom. The number of rotatable bonds is 7. The Morgan fingerprint density at radius 1 is 0.571 bits per heavy atom. The molecular weight excluding hydrogens is 358 g/mol. The van der Waals surface area contributed by atoms with E-state index in [0.717, 1.165) is 0 Å². The van der Waals surface area contributed by atoms with E-state index < -0.39 is 0 Å². The quantitative estimate of drug-likeness (QED) is 0.585. The lowest BCUT2D eigenvalue weighted by Crippen LogP contribution is -2.37. The number of carbonyl (C=O) groups is 4. The van der Waals surface area contributed by atoms with Gasteiger partial charge in [-0.2, -0.15) is 0 Å². The highest BCUT2D eigenvalue weighted by molar-refractivity contribution is 6.22. The van der Waals surface area contributed by atoms with Gasteiger partial charge in [0.25, 0.3) is 23.6 Å². The average molecular weight is 377 g/mol. The summed E-state index contributed by atoms with van der Waals surface area (Å²) in [6.07, 6.45) is 0.591. The van der Waals surface area contributed by atoms with Crippen LogP contribution in [0.15, 0.2) is 48.5 Å². The van der Waals surface area contributed by atoms with Crippen molar-refractivity contribution >= 4 is 23.6 Å². The van der Waals surface area contributed by atoms with Crippen LogP contribution in [0.1, 0.15) is 47.9 Å². The summed E-state index contributed by atoms with van der Waals surface area (Å²) in [6, 6.07) is 13.6. The molecule has 0 unspecified atom stereocenters. The van der Waals surface area contributed by atoms with Crippen LogP contribution in [-0.2, 0) is 0 Å². The molecular formula is C21H19N3O4. The first-order valence-electron chi connectivity index (χ1n) is 9.21. The molecule has 0 fully saturated rings. The highest BCUT2D eigenvalue weighted by atomic mass is 16.2. The molecule has 2 aliphatic rings. The molecule has 7 nitrogen and oxygen atoms in total. The molecule has 0 saturated heterocycles. The minimum Gasteiger partial charge on any atom is -0.315 e. The maximum atomic E-state index is 12.3. The molecule has 142 valence electrons. The Morgan fingerprint density at radius 3 is 1.39 bits per heavy atom. The van der Waals surface area contributed by atoms with E-state index in [2.05, 4.69) is 5.32 Å². The third-order valence-electron chi connectivity index (χ3n) is 5.00. The molecule has 2 aliphatic heterocycles. The Bertz CT molecular complexity index is 836. The van der Waals surface area contributed by atoms with E-state index in [9.17, 15) is 19.2 Å². The number of nitrogens with zero attached hydrogens (tertiary/aromatic N) is 2. The number of fused-ring (bicyclic) bond motifs is 2. The van der Waals surface area contributed by atoms with Crippen molar-refractivity contribution in [3.63, 3.8) is 0 Å². The molecule has 7 heteroatoms. The zero-order valence-corrected chi connectivity index (χ0v) is 15.2. The molecule has 0 spiro atoms. The third-order valence-corrected chi connectivity index (χ3v) is 5.00. The van der Waals surface area contributed by atoms with Gasteiger partial charge in [-0.25, -0.2) is 0 Å². The molecule has 2 aromatic carbocycles. The standard InChI is InChI=1S/C21H19N3O4/c25-18-14-6-1-2-7-15(14)19(26)23(18)12-5-10-22-11-13-24-20(27)16-8-3-4-9-17(16)21(24)28/h1-4,6-9,22H,5,10-13H2. The molecule has 0 saturated carbocycles. The summed E-state index contributed by atoms with van der Waals surface area (Å²) in [4.78, 5) is 51.6. The van der Waals surface area contributed by atoms with Crippen LogP contribution >= 0.6 is 0 Å². The van der Waals surface area contributed by atoms with Crippen molar-refractivity contribution in [2.75, 3.05) is 26.2 Å². The van der Waals surface area contributed by atoms with Gasteiger partial charge in [-0.05, 0) is 37.2 Å². The summed E-state index contributed by atoms with van der Waals surface area (Å²) in [5.41, 5.74) is 1.79. The fourth-order valence-corrected chi connectivity index (χ4v) is 3.56. The van der Waals surface area contributed by atoms with Crippen molar-refractivity contribution in [2.24, 2.45) is 0 Å². The molecule has 28 heavy (non-hydrogen) atoms. The average Bonchev–Trinajstić information content (AvgIpc) is 3.11. The van der Waals surface area contributed by atoms with Gasteiger partial charge in [-0.15, -0.1) is 0 Å². The second-order valence-electron chi connectivity index (χ2n) is 6.72. The normalized spacial score (nSPS) is 15.4. The number of benzene rings is 2. The summed E-state index contributed by atoms with van der Waals surface area (Å²) in [6.45, 7) is 1.62. The summed E-state index contributed by atoms with van der Waals surface area (Å²) >= 11 is 0.